The molecule has 0 aliphatic heterocycles. The average Bonchev–Trinajstić information content (AvgIpc) is 2.71. The van der Waals surface area contributed by atoms with Gasteiger partial charge in [0.1, 0.15) is 0 Å². The van der Waals surface area contributed by atoms with Gasteiger partial charge in [-0.3, -0.25) is 4.79 Å². The number of carboxylic acids is 1. The van der Waals surface area contributed by atoms with E-state index in [0.29, 0.717) is 10.8 Å². The Morgan fingerprint density at radius 3 is 2.31 bits per heavy atom. The van der Waals surface area contributed by atoms with Gasteiger partial charge in [0.2, 0.25) is 0 Å². The van der Waals surface area contributed by atoms with Crippen LogP contribution in [0.1, 0.15) is 113 Å². The van der Waals surface area contributed by atoms with Gasteiger partial charge in [-0.1, -0.05) is 60.1 Å². The molecular weight excluding hydrogens is 392 g/mol. The lowest BCUT2D eigenvalue weighted by Gasteiger charge is -2.70. The van der Waals surface area contributed by atoms with Gasteiger partial charge in [-0.05, 0) is 115 Å². The van der Waals surface area contributed by atoms with Gasteiger partial charge in [0.15, 0.2) is 0 Å². The molecule has 0 aromatic rings. The smallest absolute Gasteiger partial charge is 0.310 e. The summed E-state index contributed by atoms with van der Waals surface area (Å²) in [6.07, 6.45) is 14.2. The number of carbonyl (C=O) groups is 1. The van der Waals surface area contributed by atoms with Crippen LogP contribution in [0.4, 0.5) is 0 Å². The second-order valence-electron chi connectivity index (χ2n) is 14.6. The van der Waals surface area contributed by atoms with E-state index in [1.165, 1.54) is 32.1 Å². The molecule has 0 spiro atoms. The molecule has 5 rings (SSSR count). The summed E-state index contributed by atoms with van der Waals surface area (Å²) in [7, 11) is 0. The van der Waals surface area contributed by atoms with E-state index in [-0.39, 0.29) is 16.7 Å². The minimum atomic E-state index is -0.515. The summed E-state index contributed by atoms with van der Waals surface area (Å²) < 4.78 is 0. The van der Waals surface area contributed by atoms with Crippen LogP contribution < -0.4 is 0 Å². The molecule has 9 atom stereocenters. The molecule has 0 amide bonds. The van der Waals surface area contributed by atoms with Crippen LogP contribution in [0.2, 0.25) is 0 Å². The third-order valence-electron chi connectivity index (χ3n) is 13.1. The lowest BCUT2D eigenvalue weighted by atomic mass is 9.34. The number of aliphatic carboxylic acids is 1. The van der Waals surface area contributed by atoms with Crippen molar-refractivity contribution in [3.8, 4) is 0 Å². The minimum absolute atomic E-state index is 0.160. The van der Waals surface area contributed by atoms with Gasteiger partial charge in [0, 0.05) is 0 Å². The van der Waals surface area contributed by atoms with Gasteiger partial charge in [0.25, 0.3) is 0 Å². The monoisotopic (exact) mass is 440 g/mol. The molecule has 1 N–H and O–H groups in total. The Balaban J connectivity index is 1.59. The highest BCUT2D eigenvalue weighted by Gasteiger charge is 2.68. The second-order valence-corrected chi connectivity index (χ2v) is 14.6. The second kappa shape index (κ2) is 6.88. The van der Waals surface area contributed by atoms with Crippen molar-refractivity contribution >= 4 is 5.97 Å². The fourth-order valence-electron chi connectivity index (χ4n) is 10.4. The number of hydrogen-bond donors (Lipinski definition) is 1. The first-order valence-corrected chi connectivity index (χ1v) is 13.7. The quantitative estimate of drug-likeness (QED) is 0.418. The summed E-state index contributed by atoms with van der Waals surface area (Å²) >= 11 is 0. The Hall–Kier alpha value is -0.790. The Labute approximate surface area is 197 Å². The van der Waals surface area contributed by atoms with Crippen LogP contribution >= 0.6 is 0 Å². The molecule has 0 aromatic carbocycles. The fourth-order valence-corrected chi connectivity index (χ4v) is 10.4. The van der Waals surface area contributed by atoms with Crippen LogP contribution in [0.25, 0.3) is 0 Å². The first-order valence-electron chi connectivity index (χ1n) is 13.7. The molecule has 32 heavy (non-hydrogen) atoms. The van der Waals surface area contributed by atoms with Crippen molar-refractivity contribution in [2.45, 2.75) is 113 Å². The van der Waals surface area contributed by atoms with E-state index >= 15 is 0 Å². The Bertz CT molecular complexity index is 840. The summed E-state index contributed by atoms with van der Waals surface area (Å²) in [4.78, 5) is 12.7. The summed E-state index contributed by atoms with van der Waals surface area (Å²) in [5.74, 6) is 3.01. The molecule has 180 valence electrons. The SMILES string of the molecule is CC1[C@@H](C)CCC2(C)C3CC=C4C5CC(C)(C)CC[C@]5(C(=O)O)CC[C@@]4(C)[C@]3(C)CC[C@@H]12. The number of allylic oxidation sites excluding steroid dienone is 2. The molecule has 0 bridgehead atoms. The van der Waals surface area contributed by atoms with E-state index in [1.807, 2.05) is 0 Å². The van der Waals surface area contributed by atoms with Crippen molar-refractivity contribution < 1.29 is 9.90 Å². The zero-order valence-electron chi connectivity index (χ0n) is 21.9. The molecule has 0 saturated heterocycles. The number of hydrogen-bond acceptors (Lipinski definition) is 1. The molecule has 2 heteroatoms. The van der Waals surface area contributed by atoms with Crippen LogP contribution in [-0.2, 0) is 4.79 Å². The number of fused-ring (bicyclic) bond motifs is 7. The lowest BCUT2D eigenvalue weighted by molar-refractivity contribution is -0.182. The molecule has 0 radical (unpaired) electrons. The Kier molecular flexibility index (Phi) is 4.94. The predicted molar refractivity (Wildman–Crippen MR) is 131 cm³/mol. The molecule has 0 heterocycles. The highest BCUT2D eigenvalue weighted by molar-refractivity contribution is 5.76. The zero-order chi connectivity index (χ0) is 23.3. The lowest BCUT2D eigenvalue weighted by Crippen LogP contribution is -2.63. The first kappa shape index (κ1) is 23.0. The van der Waals surface area contributed by atoms with E-state index in [9.17, 15) is 9.90 Å². The predicted octanol–water partition coefficient (Wildman–Crippen LogP) is 8.12. The average molecular weight is 441 g/mol. The van der Waals surface area contributed by atoms with Crippen LogP contribution in [0.3, 0.4) is 0 Å². The number of carboxylic acid groups (broad SMARTS) is 1. The maximum atomic E-state index is 12.7. The zero-order valence-corrected chi connectivity index (χ0v) is 21.9. The molecule has 0 aromatic heterocycles. The van der Waals surface area contributed by atoms with E-state index in [0.717, 1.165) is 55.8 Å². The molecule has 5 aliphatic rings. The molecule has 4 fully saturated rings. The minimum Gasteiger partial charge on any atom is -0.481 e. The number of rotatable bonds is 1. The van der Waals surface area contributed by atoms with Gasteiger partial charge in [0.05, 0.1) is 5.41 Å². The van der Waals surface area contributed by atoms with Crippen molar-refractivity contribution in [2.75, 3.05) is 0 Å². The highest BCUT2D eigenvalue weighted by atomic mass is 16.4. The summed E-state index contributed by atoms with van der Waals surface area (Å²) in [6.45, 7) is 17.6. The van der Waals surface area contributed by atoms with Crippen molar-refractivity contribution in [1.82, 2.24) is 0 Å². The van der Waals surface area contributed by atoms with Crippen molar-refractivity contribution in [3.63, 3.8) is 0 Å². The van der Waals surface area contributed by atoms with Crippen molar-refractivity contribution in [2.24, 2.45) is 56.7 Å². The molecular formula is C30H48O2. The molecule has 2 nitrogen and oxygen atoms in total. The van der Waals surface area contributed by atoms with E-state index < -0.39 is 11.4 Å². The van der Waals surface area contributed by atoms with E-state index in [4.69, 9.17) is 0 Å². The topological polar surface area (TPSA) is 37.3 Å². The van der Waals surface area contributed by atoms with Crippen LogP contribution in [-0.4, -0.2) is 11.1 Å². The van der Waals surface area contributed by atoms with Crippen LogP contribution in [0.15, 0.2) is 11.6 Å². The third kappa shape index (κ3) is 2.73. The van der Waals surface area contributed by atoms with Crippen LogP contribution in [0.5, 0.6) is 0 Å². The molecule has 5 aliphatic carbocycles. The van der Waals surface area contributed by atoms with Gasteiger partial charge < -0.3 is 5.11 Å². The highest BCUT2D eigenvalue weighted by Crippen LogP contribution is 2.75. The Morgan fingerprint density at radius 1 is 0.938 bits per heavy atom. The first-order chi connectivity index (χ1) is 14.8. The third-order valence-corrected chi connectivity index (χ3v) is 13.1. The standard InChI is InChI=1S/C30H48O2/c1-19-10-12-27(5)21(20(19)2)11-13-29(7)24(27)9-8-22-23-18-26(3,4)14-16-30(23,25(31)32)17-15-28(22,29)6/h8,19-21,23-24H,9-18H2,1-7H3,(H,31,32)/t19-,20?,21-,23?,24?,27?,28+,29+,30-/m0/s1. The van der Waals surface area contributed by atoms with Gasteiger partial charge >= 0.3 is 5.97 Å². The maximum Gasteiger partial charge on any atom is 0.310 e. The van der Waals surface area contributed by atoms with Crippen molar-refractivity contribution in [3.05, 3.63) is 11.6 Å². The largest absolute Gasteiger partial charge is 0.481 e. The summed E-state index contributed by atoms with van der Waals surface area (Å²) in [5, 5.41) is 10.5. The summed E-state index contributed by atoms with van der Waals surface area (Å²) in [5.41, 5.74) is 2.20. The van der Waals surface area contributed by atoms with E-state index in [2.05, 4.69) is 54.5 Å². The Morgan fingerprint density at radius 2 is 1.62 bits per heavy atom. The van der Waals surface area contributed by atoms with Gasteiger partial charge in [-0.2, -0.15) is 0 Å². The van der Waals surface area contributed by atoms with E-state index in [1.54, 1.807) is 5.57 Å². The molecule has 4 unspecified atom stereocenters. The van der Waals surface area contributed by atoms with Gasteiger partial charge in [-0.15, -0.1) is 0 Å². The molecule has 4 saturated carbocycles. The van der Waals surface area contributed by atoms with Gasteiger partial charge in [-0.25, -0.2) is 0 Å². The normalized spacial score (nSPS) is 54.3. The fraction of sp³-hybridized carbons (Fsp3) is 0.900. The van der Waals surface area contributed by atoms with Crippen molar-refractivity contribution in [1.29, 1.82) is 0 Å². The summed E-state index contributed by atoms with van der Waals surface area (Å²) in [6, 6.07) is 0. The maximum absolute atomic E-state index is 12.7. The van der Waals surface area contributed by atoms with Crippen LogP contribution in [0, 0.1) is 56.7 Å².